The number of ketones is 1. The monoisotopic (exact) mass is 418 g/mol. The first-order chi connectivity index (χ1) is 13.5. The second kappa shape index (κ2) is 6.91. The third-order valence-electron chi connectivity index (χ3n) is 7.55. The maximum absolute atomic E-state index is 13.2. The van der Waals surface area contributed by atoms with Crippen LogP contribution < -0.4 is 10.5 Å². The highest BCUT2D eigenvalue weighted by atomic mass is 32.2. The molecule has 7 heteroatoms. The van der Waals surface area contributed by atoms with E-state index in [2.05, 4.69) is 4.72 Å². The van der Waals surface area contributed by atoms with Gasteiger partial charge in [0.25, 0.3) is 0 Å². The molecule has 1 aromatic carbocycles. The van der Waals surface area contributed by atoms with Gasteiger partial charge in [-0.15, -0.1) is 0 Å². The van der Waals surface area contributed by atoms with Gasteiger partial charge >= 0.3 is 0 Å². The number of rotatable bonds is 7. The van der Waals surface area contributed by atoms with Crippen LogP contribution in [0.5, 0.6) is 0 Å². The molecule has 2 unspecified atom stereocenters. The molecule has 29 heavy (non-hydrogen) atoms. The van der Waals surface area contributed by atoms with Gasteiger partial charge in [-0.2, -0.15) is 4.72 Å². The summed E-state index contributed by atoms with van der Waals surface area (Å²) in [5.41, 5.74) is 4.19. The second-order valence-corrected chi connectivity index (χ2v) is 11.6. The summed E-state index contributed by atoms with van der Waals surface area (Å²) in [5, 5.41) is 0. The first-order valence-electron chi connectivity index (χ1n) is 10.4. The number of sulfonamides is 1. The SMILES string of the molecule is CC(C)(NS(=O)(=O)c1ccccc1)C(=O)CC1C2CC3CC1CC(C(N)=O)(C3)C2. The number of nitrogens with one attached hydrogen (secondary N) is 1. The quantitative estimate of drug-likeness (QED) is 0.710. The largest absolute Gasteiger partial charge is 0.369 e. The average molecular weight is 419 g/mol. The Balaban J connectivity index is 1.47. The lowest BCUT2D eigenvalue weighted by Crippen LogP contribution is -2.57. The molecule has 0 saturated heterocycles. The molecule has 5 rings (SSSR count). The van der Waals surface area contributed by atoms with Crippen LogP contribution in [0.4, 0.5) is 0 Å². The summed E-state index contributed by atoms with van der Waals surface area (Å²) in [6, 6.07) is 8.10. The number of carbonyl (C=O) groups excluding carboxylic acids is 2. The van der Waals surface area contributed by atoms with Crippen molar-refractivity contribution < 1.29 is 18.0 Å². The minimum atomic E-state index is -3.78. The summed E-state index contributed by atoms with van der Waals surface area (Å²) in [7, 11) is -3.78. The number of benzene rings is 1. The van der Waals surface area contributed by atoms with Crippen molar-refractivity contribution in [1.29, 1.82) is 0 Å². The highest BCUT2D eigenvalue weighted by molar-refractivity contribution is 7.89. The smallest absolute Gasteiger partial charge is 0.241 e. The van der Waals surface area contributed by atoms with Crippen molar-refractivity contribution in [3.8, 4) is 0 Å². The van der Waals surface area contributed by atoms with Gasteiger partial charge in [-0.3, -0.25) is 9.59 Å². The Morgan fingerprint density at radius 1 is 1.10 bits per heavy atom. The first-order valence-corrected chi connectivity index (χ1v) is 11.9. The van der Waals surface area contributed by atoms with E-state index in [1.807, 2.05) is 0 Å². The topological polar surface area (TPSA) is 106 Å². The second-order valence-electron chi connectivity index (χ2n) is 9.95. The van der Waals surface area contributed by atoms with Crippen molar-refractivity contribution >= 4 is 21.7 Å². The number of amides is 1. The van der Waals surface area contributed by atoms with E-state index in [-0.39, 0.29) is 27.9 Å². The van der Waals surface area contributed by atoms with E-state index in [0.29, 0.717) is 24.2 Å². The predicted molar refractivity (Wildman–Crippen MR) is 109 cm³/mol. The lowest BCUT2D eigenvalue weighted by Gasteiger charge is -2.59. The van der Waals surface area contributed by atoms with Crippen LogP contribution in [0.25, 0.3) is 0 Å². The van der Waals surface area contributed by atoms with Crippen molar-refractivity contribution in [3.63, 3.8) is 0 Å². The van der Waals surface area contributed by atoms with E-state index >= 15 is 0 Å². The molecule has 4 aliphatic carbocycles. The summed E-state index contributed by atoms with van der Waals surface area (Å²) in [5.74, 6) is 1.14. The van der Waals surface area contributed by atoms with Gasteiger partial charge in [0.15, 0.2) is 5.78 Å². The fraction of sp³-hybridized carbons (Fsp3) is 0.636. The zero-order valence-electron chi connectivity index (χ0n) is 17.1. The Morgan fingerprint density at radius 3 is 2.24 bits per heavy atom. The molecule has 0 heterocycles. The molecular weight excluding hydrogens is 388 g/mol. The number of primary amides is 1. The average Bonchev–Trinajstić information content (AvgIpc) is 2.63. The summed E-state index contributed by atoms with van der Waals surface area (Å²) in [6.07, 6.45) is 4.92. The fourth-order valence-corrected chi connectivity index (χ4v) is 7.70. The van der Waals surface area contributed by atoms with Crippen LogP contribution in [0.3, 0.4) is 0 Å². The highest BCUT2D eigenvalue weighted by Gasteiger charge is 2.58. The lowest BCUT2D eigenvalue weighted by atomic mass is 9.45. The highest BCUT2D eigenvalue weighted by Crippen LogP contribution is 2.62. The molecule has 4 saturated carbocycles. The van der Waals surface area contributed by atoms with E-state index < -0.39 is 15.6 Å². The molecule has 158 valence electrons. The maximum atomic E-state index is 13.2. The molecule has 0 radical (unpaired) electrons. The van der Waals surface area contributed by atoms with Crippen LogP contribution in [0.1, 0.15) is 52.4 Å². The van der Waals surface area contributed by atoms with Crippen molar-refractivity contribution in [2.75, 3.05) is 0 Å². The molecule has 1 aromatic rings. The van der Waals surface area contributed by atoms with E-state index in [0.717, 1.165) is 32.1 Å². The van der Waals surface area contributed by atoms with Crippen LogP contribution in [0.2, 0.25) is 0 Å². The fourth-order valence-electron chi connectivity index (χ4n) is 6.29. The van der Waals surface area contributed by atoms with Gasteiger partial charge in [-0.1, -0.05) is 18.2 Å². The van der Waals surface area contributed by atoms with Crippen LogP contribution in [-0.2, 0) is 19.6 Å². The zero-order valence-corrected chi connectivity index (χ0v) is 17.9. The van der Waals surface area contributed by atoms with Gasteiger partial charge < -0.3 is 5.73 Å². The molecule has 2 atom stereocenters. The van der Waals surface area contributed by atoms with Crippen LogP contribution in [-0.4, -0.2) is 25.6 Å². The van der Waals surface area contributed by atoms with E-state index in [1.165, 1.54) is 12.1 Å². The van der Waals surface area contributed by atoms with Gasteiger partial charge in [0.1, 0.15) is 0 Å². The number of hydrogen-bond donors (Lipinski definition) is 2. The Kier molecular flexibility index (Phi) is 4.89. The first kappa shape index (κ1) is 20.5. The molecular formula is C22H30N2O4S. The number of Topliss-reactive ketones (excluding diaryl/α,β-unsaturated/α-hetero) is 1. The van der Waals surface area contributed by atoms with E-state index in [4.69, 9.17) is 5.73 Å². The normalized spacial score (nSPS) is 33.6. The van der Waals surface area contributed by atoms with E-state index in [9.17, 15) is 18.0 Å². The molecule has 0 aliphatic heterocycles. The number of hydrogen-bond acceptors (Lipinski definition) is 4. The molecule has 1 amide bonds. The Hall–Kier alpha value is -1.73. The summed E-state index contributed by atoms with van der Waals surface area (Å²) < 4.78 is 28.0. The van der Waals surface area contributed by atoms with Crippen molar-refractivity contribution in [1.82, 2.24) is 4.72 Å². The zero-order chi connectivity index (χ0) is 21.0. The van der Waals surface area contributed by atoms with Gasteiger partial charge in [-0.05, 0) is 81.8 Å². The van der Waals surface area contributed by atoms with Gasteiger partial charge in [-0.25, -0.2) is 8.42 Å². The van der Waals surface area contributed by atoms with Crippen LogP contribution >= 0.6 is 0 Å². The predicted octanol–water partition coefficient (Wildman–Crippen LogP) is 2.63. The number of nitrogens with two attached hydrogens (primary N) is 1. The van der Waals surface area contributed by atoms with Gasteiger partial charge in [0, 0.05) is 11.8 Å². The Labute approximate surface area is 172 Å². The standard InChI is InChI=1S/C22H30N2O4S/c1-21(2,24-29(27,28)17-6-4-3-5-7-17)19(25)10-18-15-8-14-9-16(18)13-22(11-14,12-15)20(23)26/h3-7,14-16,18,24H,8-13H2,1-2H3,(H2,23,26). The van der Waals surface area contributed by atoms with Crippen LogP contribution in [0.15, 0.2) is 35.2 Å². The molecule has 0 aromatic heterocycles. The third kappa shape index (κ3) is 3.63. The molecule has 4 aliphatic rings. The molecule has 0 spiro atoms. The Bertz CT molecular complexity index is 909. The van der Waals surface area contributed by atoms with E-state index in [1.54, 1.807) is 32.0 Å². The number of carbonyl (C=O) groups is 2. The minimum absolute atomic E-state index is 0.0948. The van der Waals surface area contributed by atoms with Crippen molar-refractivity contribution in [2.24, 2.45) is 34.8 Å². The molecule has 4 fully saturated rings. The summed E-state index contributed by atoms with van der Waals surface area (Å²) in [6.45, 7) is 3.27. The van der Waals surface area contributed by atoms with Gasteiger partial charge in [0.05, 0.1) is 10.4 Å². The van der Waals surface area contributed by atoms with Crippen molar-refractivity contribution in [2.45, 2.75) is 62.8 Å². The molecule has 4 bridgehead atoms. The minimum Gasteiger partial charge on any atom is -0.369 e. The summed E-state index contributed by atoms with van der Waals surface area (Å²) >= 11 is 0. The maximum Gasteiger partial charge on any atom is 0.241 e. The third-order valence-corrected chi connectivity index (χ3v) is 9.22. The molecule has 3 N–H and O–H groups in total. The van der Waals surface area contributed by atoms with Gasteiger partial charge in [0.2, 0.25) is 15.9 Å². The Morgan fingerprint density at radius 2 is 1.69 bits per heavy atom. The summed E-state index contributed by atoms with van der Waals surface area (Å²) in [4.78, 5) is 25.4. The van der Waals surface area contributed by atoms with Crippen molar-refractivity contribution in [3.05, 3.63) is 30.3 Å². The lowest BCUT2D eigenvalue weighted by molar-refractivity contribution is -0.152. The van der Waals surface area contributed by atoms with Crippen LogP contribution in [0, 0.1) is 29.1 Å². The molecule has 6 nitrogen and oxygen atoms in total.